The van der Waals surface area contributed by atoms with Crippen LogP contribution >= 0.6 is 15.9 Å². The van der Waals surface area contributed by atoms with Gasteiger partial charge in [0.25, 0.3) is 0 Å². The van der Waals surface area contributed by atoms with E-state index in [0.29, 0.717) is 6.42 Å². The van der Waals surface area contributed by atoms with E-state index in [1.165, 1.54) is 0 Å². The molecule has 9 heavy (non-hydrogen) atoms. The van der Waals surface area contributed by atoms with E-state index >= 15 is 0 Å². The van der Waals surface area contributed by atoms with Crippen LogP contribution in [0.15, 0.2) is 0 Å². The van der Waals surface area contributed by atoms with Gasteiger partial charge in [0.15, 0.2) is 0 Å². The molecule has 0 saturated heterocycles. The molecule has 0 aliphatic rings. The van der Waals surface area contributed by atoms with Gasteiger partial charge in [0.1, 0.15) is 4.83 Å². The zero-order valence-electron chi connectivity index (χ0n) is 4.67. The van der Waals surface area contributed by atoms with E-state index in [1.807, 2.05) is 6.07 Å². The number of carbonyl (C=O) groups is 1. The fraction of sp³-hybridized carbons (Fsp3) is 0.600. The molecule has 0 amide bonds. The summed E-state index contributed by atoms with van der Waals surface area (Å²) in [5.74, 6) is -0.912. The van der Waals surface area contributed by atoms with Gasteiger partial charge in [-0.25, -0.2) is 0 Å². The molecular formula is C5H6BrNO2. The normalized spacial score (nSPS) is 12.0. The first kappa shape index (κ1) is 8.44. The Bertz CT molecular complexity index is 140. The number of hydrogen-bond donors (Lipinski definition) is 1. The fourth-order valence-electron chi connectivity index (χ4n) is 0.315. The highest BCUT2D eigenvalue weighted by atomic mass is 79.9. The molecule has 1 unspecified atom stereocenters. The highest BCUT2D eigenvalue weighted by Crippen LogP contribution is 2.06. The minimum atomic E-state index is -0.912. The Morgan fingerprint density at radius 2 is 2.44 bits per heavy atom. The molecule has 0 bridgehead atoms. The number of aliphatic carboxylic acids is 1. The summed E-state index contributed by atoms with van der Waals surface area (Å²) >= 11 is 2.89. The number of carboxylic acids is 1. The van der Waals surface area contributed by atoms with Crippen molar-refractivity contribution in [3.05, 3.63) is 0 Å². The van der Waals surface area contributed by atoms with E-state index in [-0.39, 0.29) is 6.42 Å². The van der Waals surface area contributed by atoms with Gasteiger partial charge in [0.2, 0.25) is 0 Å². The molecule has 0 aromatic rings. The predicted octanol–water partition coefficient (Wildman–Crippen LogP) is 1.14. The minimum absolute atomic E-state index is 0.280. The maximum atomic E-state index is 10.0. The van der Waals surface area contributed by atoms with E-state index in [4.69, 9.17) is 10.4 Å². The van der Waals surface area contributed by atoms with Gasteiger partial charge in [-0.05, 0) is 6.42 Å². The van der Waals surface area contributed by atoms with Gasteiger partial charge < -0.3 is 5.11 Å². The van der Waals surface area contributed by atoms with Crippen LogP contribution in [0.3, 0.4) is 0 Å². The first-order chi connectivity index (χ1) is 4.18. The molecule has 0 saturated carbocycles. The summed E-state index contributed by atoms with van der Waals surface area (Å²) in [6.45, 7) is 0. The van der Waals surface area contributed by atoms with Gasteiger partial charge in [0, 0.05) is 6.42 Å². The Labute approximate surface area is 61.4 Å². The molecule has 3 nitrogen and oxygen atoms in total. The molecule has 0 fully saturated rings. The standard InChI is InChI=1S/C5H6BrNO2/c6-4(5(8)9)2-1-3-7/h4H,1-2H2,(H,8,9). The van der Waals surface area contributed by atoms with Crippen LogP contribution in [-0.4, -0.2) is 15.9 Å². The highest BCUT2D eigenvalue weighted by Gasteiger charge is 2.10. The van der Waals surface area contributed by atoms with Crippen LogP contribution in [0.5, 0.6) is 0 Å². The van der Waals surface area contributed by atoms with Crippen LogP contribution in [0.25, 0.3) is 0 Å². The summed E-state index contributed by atoms with van der Waals surface area (Å²) in [6, 6.07) is 1.86. The Morgan fingerprint density at radius 3 is 2.78 bits per heavy atom. The van der Waals surface area contributed by atoms with E-state index in [1.54, 1.807) is 0 Å². The lowest BCUT2D eigenvalue weighted by Crippen LogP contribution is -2.11. The van der Waals surface area contributed by atoms with Crippen LogP contribution in [-0.2, 0) is 4.79 Å². The summed E-state index contributed by atoms with van der Waals surface area (Å²) in [6.07, 6.45) is 0.647. The monoisotopic (exact) mass is 191 g/mol. The number of nitrogens with zero attached hydrogens (tertiary/aromatic N) is 1. The molecule has 0 heterocycles. The third kappa shape index (κ3) is 3.98. The first-order valence-electron chi connectivity index (χ1n) is 2.42. The third-order valence-corrected chi connectivity index (χ3v) is 1.63. The summed E-state index contributed by atoms with van der Waals surface area (Å²) in [5.41, 5.74) is 0. The van der Waals surface area contributed by atoms with Crippen molar-refractivity contribution in [1.82, 2.24) is 0 Å². The first-order valence-corrected chi connectivity index (χ1v) is 3.34. The molecule has 0 radical (unpaired) electrons. The quantitative estimate of drug-likeness (QED) is 0.682. The molecule has 0 spiro atoms. The second-order valence-electron chi connectivity index (χ2n) is 1.50. The molecule has 0 aliphatic carbocycles. The Morgan fingerprint density at radius 1 is 1.89 bits per heavy atom. The largest absolute Gasteiger partial charge is 0.480 e. The fourth-order valence-corrected chi connectivity index (χ4v) is 0.544. The Balaban J connectivity index is 3.41. The van der Waals surface area contributed by atoms with Crippen molar-refractivity contribution in [3.63, 3.8) is 0 Å². The molecular weight excluding hydrogens is 186 g/mol. The van der Waals surface area contributed by atoms with Crippen LogP contribution in [0.2, 0.25) is 0 Å². The number of halogens is 1. The zero-order valence-corrected chi connectivity index (χ0v) is 6.26. The van der Waals surface area contributed by atoms with Crippen LogP contribution < -0.4 is 0 Å². The van der Waals surface area contributed by atoms with Gasteiger partial charge in [0.05, 0.1) is 6.07 Å². The van der Waals surface area contributed by atoms with Gasteiger partial charge in [-0.1, -0.05) is 15.9 Å². The molecule has 0 rings (SSSR count). The summed E-state index contributed by atoms with van der Waals surface area (Å²) in [7, 11) is 0. The average molecular weight is 192 g/mol. The van der Waals surface area contributed by atoms with Gasteiger partial charge >= 0.3 is 5.97 Å². The number of rotatable bonds is 3. The van der Waals surface area contributed by atoms with Crippen molar-refractivity contribution < 1.29 is 9.90 Å². The summed E-state index contributed by atoms with van der Waals surface area (Å²) in [5, 5.41) is 16.3. The second-order valence-corrected chi connectivity index (χ2v) is 2.61. The third-order valence-electron chi connectivity index (χ3n) is 0.778. The smallest absolute Gasteiger partial charge is 0.317 e. The van der Waals surface area contributed by atoms with Crippen molar-refractivity contribution in [2.24, 2.45) is 0 Å². The van der Waals surface area contributed by atoms with Gasteiger partial charge in [-0.3, -0.25) is 4.79 Å². The van der Waals surface area contributed by atoms with Crippen LogP contribution in [0.4, 0.5) is 0 Å². The van der Waals surface area contributed by atoms with Crippen molar-refractivity contribution in [2.75, 3.05) is 0 Å². The maximum absolute atomic E-state index is 10.0. The summed E-state index contributed by atoms with van der Waals surface area (Å²) < 4.78 is 0. The highest BCUT2D eigenvalue weighted by molar-refractivity contribution is 9.10. The molecule has 0 aromatic carbocycles. The summed E-state index contributed by atoms with van der Waals surface area (Å²) in [4.78, 5) is 9.48. The topological polar surface area (TPSA) is 61.1 Å². The number of alkyl halides is 1. The molecule has 0 aliphatic heterocycles. The van der Waals surface area contributed by atoms with Gasteiger partial charge in [-0.2, -0.15) is 5.26 Å². The molecule has 0 aromatic heterocycles. The minimum Gasteiger partial charge on any atom is -0.480 e. The van der Waals surface area contributed by atoms with Crippen LogP contribution in [0.1, 0.15) is 12.8 Å². The lowest BCUT2D eigenvalue weighted by Gasteiger charge is -1.97. The van der Waals surface area contributed by atoms with Crippen molar-refractivity contribution in [2.45, 2.75) is 17.7 Å². The van der Waals surface area contributed by atoms with Crippen molar-refractivity contribution >= 4 is 21.9 Å². The van der Waals surface area contributed by atoms with E-state index in [2.05, 4.69) is 15.9 Å². The lowest BCUT2D eigenvalue weighted by molar-refractivity contribution is -0.136. The predicted molar refractivity (Wildman–Crippen MR) is 35.2 cm³/mol. The zero-order chi connectivity index (χ0) is 7.28. The van der Waals surface area contributed by atoms with E-state index in [9.17, 15) is 4.79 Å². The maximum Gasteiger partial charge on any atom is 0.317 e. The number of hydrogen-bond acceptors (Lipinski definition) is 2. The molecule has 1 N–H and O–H groups in total. The second kappa shape index (κ2) is 4.33. The average Bonchev–Trinajstić information content (AvgIpc) is 1.82. The van der Waals surface area contributed by atoms with Crippen molar-refractivity contribution in [1.29, 1.82) is 5.26 Å². The van der Waals surface area contributed by atoms with Gasteiger partial charge in [-0.15, -0.1) is 0 Å². The molecule has 1 atom stereocenters. The van der Waals surface area contributed by atoms with E-state index < -0.39 is 10.8 Å². The van der Waals surface area contributed by atoms with Crippen molar-refractivity contribution in [3.8, 4) is 6.07 Å². The lowest BCUT2D eigenvalue weighted by atomic mass is 10.2. The van der Waals surface area contributed by atoms with E-state index in [0.717, 1.165) is 0 Å². The molecule has 50 valence electrons. The number of carboxylic acid groups (broad SMARTS) is 1. The number of nitriles is 1. The van der Waals surface area contributed by atoms with Crippen LogP contribution in [0, 0.1) is 11.3 Å². The SMILES string of the molecule is N#CCCC(Br)C(=O)O. The Kier molecular flexibility index (Phi) is 4.06. The molecule has 4 heteroatoms. The Hall–Kier alpha value is -0.560.